The van der Waals surface area contributed by atoms with Crippen molar-refractivity contribution in [3.63, 3.8) is 0 Å². The van der Waals surface area contributed by atoms with Gasteiger partial charge in [0, 0.05) is 12.6 Å². The molecular weight excluding hydrogens is 198 g/mol. The van der Waals surface area contributed by atoms with E-state index in [-0.39, 0.29) is 0 Å². The van der Waals surface area contributed by atoms with Crippen LogP contribution in [0.4, 0.5) is 0 Å². The quantitative estimate of drug-likeness (QED) is 0.815. The highest BCUT2D eigenvalue weighted by Crippen LogP contribution is 2.27. The largest absolute Gasteiger partial charge is 0.508 e. The lowest BCUT2D eigenvalue weighted by Gasteiger charge is -2.20. The summed E-state index contributed by atoms with van der Waals surface area (Å²) in [5.74, 6) is 1.20. The number of rotatable bonds is 4. The molecule has 0 amide bonds. The van der Waals surface area contributed by atoms with Gasteiger partial charge >= 0.3 is 0 Å². The number of nitrogens with one attached hydrogen (secondary N) is 1. The average molecular weight is 219 g/mol. The van der Waals surface area contributed by atoms with Crippen molar-refractivity contribution in [3.8, 4) is 5.75 Å². The van der Waals surface area contributed by atoms with Crippen LogP contribution in [0.15, 0.2) is 24.3 Å². The van der Waals surface area contributed by atoms with Gasteiger partial charge in [-0.3, -0.25) is 0 Å². The first kappa shape index (κ1) is 11.5. The molecule has 0 unspecified atom stereocenters. The van der Waals surface area contributed by atoms with Crippen molar-refractivity contribution in [3.05, 3.63) is 29.8 Å². The van der Waals surface area contributed by atoms with E-state index in [0.717, 1.165) is 18.0 Å². The zero-order valence-electron chi connectivity index (χ0n) is 9.95. The van der Waals surface area contributed by atoms with Crippen LogP contribution < -0.4 is 5.32 Å². The summed E-state index contributed by atoms with van der Waals surface area (Å²) in [5, 5.41) is 12.9. The van der Waals surface area contributed by atoms with Crippen LogP contribution in [0.3, 0.4) is 0 Å². The molecule has 2 heteroatoms. The lowest BCUT2D eigenvalue weighted by Crippen LogP contribution is -2.31. The Bertz CT molecular complexity index is 331. The summed E-state index contributed by atoms with van der Waals surface area (Å²) in [6.45, 7) is 3.13. The molecule has 1 fully saturated rings. The molecule has 1 atom stereocenters. The minimum absolute atomic E-state index is 0.354. The normalized spacial score (nSPS) is 18.8. The Morgan fingerprint density at radius 1 is 1.38 bits per heavy atom. The third-order valence-electron chi connectivity index (χ3n) is 3.65. The maximum absolute atomic E-state index is 9.36. The highest BCUT2D eigenvalue weighted by atomic mass is 16.3. The predicted molar refractivity (Wildman–Crippen MR) is 66.4 cm³/mol. The Kier molecular flexibility index (Phi) is 3.83. The monoisotopic (exact) mass is 219 g/mol. The van der Waals surface area contributed by atoms with Crippen LogP contribution in [0.2, 0.25) is 0 Å². The second-order valence-electron chi connectivity index (χ2n) is 4.88. The van der Waals surface area contributed by atoms with E-state index in [9.17, 15) is 5.11 Å². The second kappa shape index (κ2) is 5.35. The molecule has 0 heterocycles. The molecule has 2 nitrogen and oxygen atoms in total. The van der Waals surface area contributed by atoms with Gasteiger partial charge in [0.05, 0.1) is 0 Å². The van der Waals surface area contributed by atoms with Crippen molar-refractivity contribution in [1.82, 2.24) is 5.32 Å². The van der Waals surface area contributed by atoms with E-state index >= 15 is 0 Å². The van der Waals surface area contributed by atoms with Gasteiger partial charge < -0.3 is 10.4 Å². The smallest absolute Gasteiger partial charge is 0.115 e. The van der Waals surface area contributed by atoms with Crippen LogP contribution in [0, 0.1) is 5.92 Å². The summed E-state index contributed by atoms with van der Waals surface area (Å²) in [6, 6.07) is 8.07. The van der Waals surface area contributed by atoms with Gasteiger partial charge in [0.25, 0.3) is 0 Å². The van der Waals surface area contributed by atoms with Gasteiger partial charge in [0.1, 0.15) is 5.75 Å². The number of hydrogen-bond donors (Lipinski definition) is 2. The van der Waals surface area contributed by atoms with E-state index in [4.69, 9.17) is 0 Å². The fourth-order valence-electron chi connectivity index (χ4n) is 2.57. The van der Waals surface area contributed by atoms with Crippen LogP contribution in [-0.4, -0.2) is 11.1 Å². The van der Waals surface area contributed by atoms with Crippen molar-refractivity contribution in [2.45, 2.75) is 45.2 Å². The van der Waals surface area contributed by atoms with Crippen molar-refractivity contribution in [1.29, 1.82) is 0 Å². The highest BCUT2D eigenvalue weighted by molar-refractivity contribution is 5.26. The van der Waals surface area contributed by atoms with E-state index in [0.29, 0.717) is 11.8 Å². The standard InChI is InChI=1S/C14H21NO/c1-11(13-6-2-3-7-13)15-10-12-5-4-8-14(16)9-12/h4-5,8-9,11,13,15-16H,2-3,6-7,10H2,1H3/t11-/m0/s1. The van der Waals surface area contributed by atoms with Gasteiger partial charge in [-0.2, -0.15) is 0 Å². The zero-order chi connectivity index (χ0) is 11.4. The third-order valence-corrected chi connectivity index (χ3v) is 3.65. The number of hydrogen-bond acceptors (Lipinski definition) is 2. The maximum Gasteiger partial charge on any atom is 0.115 e. The van der Waals surface area contributed by atoms with E-state index in [1.807, 2.05) is 18.2 Å². The first-order valence-electron chi connectivity index (χ1n) is 6.27. The summed E-state index contributed by atoms with van der Waals surface area (Å²) in [7, 11) is 0. The number of phenolic OH excluding ortho intramolecular Hbond substituents is 1. The molecule has 1 saturated carbocycles. The first-order chi connectivity index (χ1) is 7.75. The highest BCUT2D eigenvalue weighted by Gasteiger charge is 2.20. The van der Waals surface area contributed by atoms with Crippen molar-refractivity contribution >= 4 is 0 Å². The van der Waals surface area contributed by atoms with E-state index in [1.54, 1.807) is 6.07 Å². The molecule has 0 saturated heterocycles. The Morgan fingerprint density at radius 2 is 2.12 bits per heavy atom. The van der Waals surface area contributed by atoms with Crippen LogP contribution >= 0.6 is 0 Å². The first-order valence-corrected chi connectivity index (χ1v) is 6.27. The lowest BCUT2D eigenvalue weighted by atomic mass is 9.99. The Balaban J connectivity index is 1.82. The predicted octanol–water partition coefficient (Wildman–Crippen LogP) is 3.06. The maximum atomic E-state index is 9.36. The Hall–Kier alpha value is -1.02. The second-order valence-corrected chi connectivity index (χ2v) is 4.88. The lowest BCUT2D eigenvalue weighted by molar-refractivity contribution is 0.380. The molecular formula is C14H21NO. The summed E-state index contributed by atoms with van der Waals surface area (Å²) in [5.41, 5.74) is 1.16. The Morgan fingerprint density at radius 3 is 2.81 bits per heavy atom. The number of phenols is 1. The van der Waals surface area contributed by atoms with Gasteiger partial charge in [-0.15, -0.1) is 0 Å². The Labute approximate surface area is 97.7 Å². The molecule has 88 valence electrons. The van der Waals surface area contributed by atoms with Crippen molar-refractivity contribution < 1.29 is 5.11 Å². The minimum Gasteiger partial charge on any atom is -0.508 e. The molecule has 0 aliphatic heterocycles. The van der Waals surface area contributed by atoms with Crippen LogP contribution in [-0.2, 0) is 6.54 Å². The molecule has 2 rings (SSSR count). The van der Waals surface area contributed by atoms with Gasteiger partial charge in [-0.25, -0.2) is 0 Å². The fraction of sp³-hybridized carbons (Fsp3) is 0.571. The van der Waals surface area contributed by atoms with Crippen molar-refractivity contribution in [2.75, 3.05) is 0 Å². The molecule has 1 aliphatic carbocycles. The molecule has 0 radical (unpaired) electrons. The molecule has 1 aromatic carbocycles. The molecule has 0 bridgehead atoms. The average Bonchev–Trinajstić information content (AvgIpc) is 2.79. The topological polar surface area (TPSA) is 32.3 Å². The number of aromatic hydroxyl groups is 1. The fourth-order valence-corrected chi connectivity index (χ4v) is 2.57. The van der Waals surface area contributed by atoms with Crippen LogP contribution in [0.1, 0.15) is 38.2 Å². The SMILES string of the molecule is C[C@H](NCc1cccc(O)c1)C1CCCC1. The minimum atomic E-state index is 0.354. The molecule has 0 aromatic heterocycles. The van der Waals surface area contributed by atoms with Crippen molar-refractivity contribution in [2.24, 2.45) is 5.92 Å². The van der Waals surface area contributed by atoms with Gasteiger partial charge in [-0.1, -0.05) is 25.0 Å². The van der Waals surface area contributed by atoms with E-state index in [1.165, 1.54) is 25.7 Å². The molecule has 1 aliphatic rings. The molecule has 0 spiro atoms. The zero-order valence-corrected chi connectivity index (χ0v) is 9.95. The molecule has 1 aromatic rings. The summed E-state index contributed by atoms with van der Waals surface area (Å²) in [4.78, 5) is 0. The van der Waals surface area contributed by atoms with Crippen LogP contribution in [0.25, 0.3) is 0 Å². The molecule has 2 N–H and O–H groups in total. The summed E-state index contributed by atoms with van der Waals surface area (Å²) >= 11 is 0. The van der Waals surface area contributed by atoms with Gasteiger partial charge in [0.15, 0.2) is 0 Å². The van der Waals surface area contributed by atoms with Gasteiger partial charge in [0.2, 0.25) is 0 Å². The van der Waals surface area contributed by atoms with E-state index in [2.05, 4.69) is 12.2 Å². The van der Waals surface area contributed by atoms with Crippen LogP contribution in [0.5, 0.6) is 5.75 Å². The summed E-state index contributed by atoms with van der Waals surface area (Å²) in [6.07, 6.45) is 5.52. The molecule has 16 heavy (non-hydrogen) atoms. The van der Waals surface area contributed by atoms with Gasteiger partial charge in [-0.05, 0) is 43.4 Å². The number of benzene rings is 1. The third kappa shape index (κ3) is 2.99. The van der Waals surface area contributed by atoms with E-state index < -0.39 is 0 Å². The summed E-state index contributed by atoms with van der Waals surface area (Å²) < 4.78 is 0.